The zero-order valence-electron chi connectivity index (χ0n) is 9.86. The SMILES string of the molecule is CC(C)N1CCN(c2ccc(F)cn2)CC1. The number of pyridine rings is 1. The van der Waals surface area contributed by atoms with Gasteiger partial charge in [0.05, 0.1) is 6.20 Å². The van der Waals surface area contributed by atoms with E-state index in [2.05, 4.69) is 28.6 Å². The predicted octanol–water partition coefficient (Wildman–Crippen LogP) is 1.75. The van der Waals surface area contributed by atoms with Crippen LogP contribution in [0.1, 0.15) is 13.8 Å². The second kappa shape index (κ2) is 4.78. The first-order valence-electron chi connectivity index (χ1n) is 5.77. The largest absolute Gasteiger partial charge is 0.354 e. The minimum atomic E-state index is -0.274. The maximum absolute atomic E-state index is 12.7. The lowest BCUT2D eigenvalue weighted by Crippen LogP contribution is -2.49. The molecular formula is C12H18FN3. The molecule has 0 unspecified atom stereocenters. The topological polar surface area (TPSA) is 19.4 Å². The lowest BCUT2D eigenvalue weighted by Gasteiger charge is -2.37. The number of hydrogen-bond acceptors (Lipinski definition) is 3. The highest BCUT2D eigenvalue weighted by atomic mass is 19.1. The van der Waals surface area contributed by atoms with Crippen molar-refractivity contribution in [2.45, 2.75) is 19.9 Å². The maximum atomic E-state index is 12.7. The molecule has 0 aromatic carbocycles. The molecule has 1 fully saturated rings. The second-order valence-electron chi connectivity index (χ2n) is 4.45. The molecule has 16 heavy (non-hydrogen) atoms. The molecule has 0 aliphatic carbocycles. The van der Waals surface area contributed by atoms with Crippen LogP contribution in [-0.2, 0) is 0 Å². The van der Waals surface area contributed by atoms with Crippen molar-refractivity contribution < 1.29 is 4.39 Å². The smallest absolute Gasteiger partial charge is 0.141 e. The molecule has 0 radical (unpaired) electrons. The fourth-order valence-corrected chi connectivity index (χ4v) is 2.02. The Morgan fingerprint density at radius 1 is 1.19 bits per heavy atom. The average Bonchev–Trinajstić information content (AvgIpc) is 2.30. The van der Waals surface area contributed by atoms with Crippen LogP contribution in [0.5, 0.6) is 0 Å². The highest BCUT2D eigenvalue weighted by molar-refractivity contribution is 5.38. The van der Waals surface area contributed by atoms with Crippen LogP contribution in [0, 0.1) is 5.82 Å². The van der Waals surface area contributed by atoms with Gasteiger partial charge in [0, 0.05) is 32.2 Å². The fourth-order valence-electron chi connectivity index (χ4n) is 2.02. The fraction of sp³-hybridized carbons (Fsp3) is 0.583. The molecule has 1 aliphatic rings. The molecule has 2 heterocycles. The summed E-state index contributed by atoms with van der Waals surface area (Å²) in [7, 11) is 0. The Kier molecular flexibility index (Phi) is 3.39. The monoisotopic (exact) mass is 223 g/mol. The van der Waals surface area contributed by atoms with E-state index in [1.165, 1.54) is 12.3 Å². The summed E-state index contributed by atoms with van der Waals surface area (Å²) in [5.74, 6) is 0.606. The maximum Gasteiger partial charge on any atom is 0.141 e. The van der Waals surface area contributed by atoms with E-state index in [4.69, 9.17) is 0 Å². The molecule has 1 aromatic heterocycles. The van der Waals surface area contributed by atoms with Gasteiger partial charge < -0.3 is 4.90 Å². The van der Waals surface area contributed by atoms with Crippen LogP contribution in [-0.4, -0.2) is 42.1 Å². The van der Waals surface area contributed by atoms with E-state index in [1.807, 2.05) is 0 Å². The van der Waals surface area contributed by atoms with Gasteiger partial charge in [-0.05, 0) is 26.0 Å². The summed E-state index contributed by atoms with van der Waals surface area (Å²) in [5.41, 5.74) is 0. The van der Waals surface area contributed by atoms with Crippen LogP contribution >= 0.6 is 0 Å². The normalized spacial score (nSPS) is 18.1. The van der Waals surface area contributed by atoms with Gasteiger partial charge in [0.25, 0.3) is 0 Å². The third-order valence-electron chi connectivity index (χ3n) is 3.08. The molecule has 0 atom stereocenters. The van der Waals surface area contributed by atoms with Gasteiger partial charge in [-0.3, -0.25) is 4.90 Å². The lowest BCUT2D eigenvalue weighted by molar-refractivity contribution is 0.209. The zero-order chi connectivity index (χ0) is 11.5. The van der Waals surface area contributed by atoms with Crippen molar-refractivity contribution in [1.82, 2.24) is 9.88 Å². The van der Waals surface area contributed by atoms with E-state index in [0.29, 0.717) is 6.04 Å². The van der Waals surface area contributed by atoms with Gasteiger partial charge >= 0.3 is 0 Å². The number of nitrogens with zero attached hydrogens (tertiary/aromatic N) is 3. The average molecular weight is 223 g/mol. The molecule has 4 heteroatoms. The Balaban J connectivity index is 1.96. The Morgan fingerprint density at radius 3 is 2.38 bits per heavy atom. The van der Waals surface area contributed by atoms with Gasteiger partial charge in [0.2, 0.25) is 0 Å². The first-order chi connectivity index (χ1) is 7.66. The van der Waals surface area contributed by atoms with E-state index >= 15 is 0 Å². The summed E-state index contributed by atoms with van der Waals surface area (Å²) in [4.78, 5) is 8.76. The van der Waals surface area contributed by atoms with Crippen molar-refractivity contribution in [2.24, 2.45) is 0 Å². The predicted molar refractivity (Wildman–Crippen MR) is 63.1 cm³/mol. The van der Waals surface area contributed by atoms with Crippen molar-refractivity contribution in [3.63, 3.8) is 0 Å². The molecule has 0 amide bonds. The quantitative estimate of drug-likeness (QED) is 0.761. The van der Waals surface area contributed by atoms with Crippen molar-refractivity contribution in [2.75, 3.05) is 31.1 Å². The van der Waals surface area contributed by atoms with Crippen molar-refractivity contribution in [3.8, 4) is 0 Å². The molecule has 88 valence electrons. The molecule has 1 aliphatic heterocycles. The Morgan fingerprint density at radius 2 is 1.88 bits per heavy atom. The highest BCUT2D eigenvalue weighted by Gasteiger charge is 2.19. The van der Waals surface area contributed by atoms with Gasteiger partial charge in [0.1, 0.15) is 11.6 Å². The van der Waals surface area contributed by atoms with Gasteiger partial charge in [-0.25, -0.2) is 9.37 Å². The number of rotatable bonds is 2. The first-order valence-corrected chi connectivity index (χ1v) is 5.77. The molecule has 0 spiro atoms. The Labute approximate surface area is 95.9 Å². The molecule has 1 saturated heterocycles. The number of halogens is 1. The number of hydrogen-bond donors (Lipinski definition) is 0. The van der Waals surface area contributed by atoms with Gasteiger partial charge in [-0.15, -0.1) is 0 Å². The molecule has 2 rings (SSSR count). The van der Waals surface area contributed by atoms with Gasteiger partial charge in [-0.2, -0.15) is 0 Å². The minimum absolute atomic E-state index is 0.274. The summed E-state index contributed by atoms with van der Waals surface area (Å²) >= 11 is 0. The van der Waals surface area contributed by atoms with Gasteiger partial charge in [0.15, 0.2) is 0 Å². The van der Waals surface area contributed by atoms with Crippen LogP contribution in [0.25, 0.3) is 0 Å². The van der Waals surface area contributed by atoms with Crippen LogP contribution in [0.15, 0.2) is 18.3 Å². The van der Waals surface area contributed by atoms with E-state index < -0.39 is 0 Å². The second-order valence-corrected chi connectivity index (χ2v) is 4.45. The summed E-state index contributed by atoms with van der Waals surface area (Å²) in [6.07, 6.45) is 1.28. The van der Waals surface area contributed by atoms with E-state index in [1.54, 1.807) is 6.07 Å². The van der Waals surface area contributed by atoms with E-state index in [0.717, 1.165) is 32.0 Å². The lowest BCUT2D eigenvalue weighted by atomic mass is 10.2. The summed E-state index contributed by atoms with van der Waals surface area (Å²) in [5, 5.41) is 0. The van der Waals surface area contributed by atoms with Gasteiger partial charge in [-0.1, -0.05) is 0 Å². The number of piperazine rings is 1. The first kappa shape index (κ1) is 11.3. The van der Waals surface area contributed by atoms with Crippen LogP contribution < -0.4 is 4.90 Å². The van der Waals surface area contributed by atoms with Crippen LogP contribution in [0.3, 0.4) is 0 Å². The Bertz CT molecular complexity index is 329. The van der Waals surface area contributed by atoms with Crippen molar-refractivity contribution in [1.29, 1.82) is 0 Å². The van der Waals surface area contributed by atoms with Crippen molar-refractivity contribution in [3.05, 3.63) is 24.1 Å². The van der Waals surface area contributed by atoms with E-state index in [9.17, 15) is 4.39 Å². The number of anilines is 1. The molecule has 0 bridgehead atoms. The third-order valence-corrected chi connectivity index (χ3v) is 3.08. The summed E-state index contributed by atoms with van der Waals surface area (Å²) in [6, 6.07) is 3.82. The number of aromatic nitrogens is 1. The summed E-state index contributed by atoms with van der Waals surface area (Å²) < 4.78 is 12.7. The Hall–Kier alpha value is -1.16. The molecule has 1 aromatic rings. The molecule has 0 saturated carbocycles. The third kappa shape index (κ3) is 2.50. The molecule has 3 nitrogen and oxygen atoms in total. The zero-order valence-corrected chi connectivity index (χ0v) is 9.86. The highest BCUT2D eigenvalue weighted by Crippen LogP contribution is 2.14. The minimum Gasteiger partial charge on any atom is -0.354 e. The van der Waals surface area contributed by atoms with Crippen molar-refractivity contribution >= 4 is 5.82 Å². The molecule has 0 N–H and O–H groups in total. The molecular weight excluding hydrogens is 205 g/mol. The standard InChI is InChI=1S/C12H18FN3/c1-10(2)15-5-7-16(8-6-15)12-4-3-11(13)9-14-12/h3-4,9-10H,5-8H2,1-2H3. The van der Waals surface area contributed by atoms with Crippen LogP contribution in [0.4, 0.5) is 10.2 Å². The summed E-state index contributed by atoms with van der Waals surface area (Å²) in [6.45, 7) is 8.47. The van der Waals surface area contributed by atoms with E-state index in [-0.39, 0.29) is 5.82 Å². The van der Waals surface area contributed by atoms with Crippen LogP contribution in [0.2, 0.25) is 0 Å².